The van der Waals surface area contributed by atoms with Crippen molar-refractivity contribution in [2.24, 2.45) is 0 Å². The largest absolute Gasteiger partial charge is 0.314 e. The summed E-state index contributed by atoms with van der Waals surface area (Å²) in [7, 11) is 0. The molecular formula is C13H20N2S. The summed E-state index contributed by atoms with van der Waals surface area (Å²) in [6.07, 6.45) is 0. The molecule has 2 rings (SSSR count). The molecule has 0 amide bonds. The van der Waals surface area contributed by atoms with E-state index in [1.807, 2.05) is 11.8 Å². The lowest BCUT2D eigenvalue weighted by molar-refractivity contribution is 0.234. The Bertz CT molecular complexity index is 317. The highest BCUT2D eigenvalue weighted by molar-refractivity contribution is 7.99. The number of hydrogen-bond donors (Lipinski definition) is 1. The van der Waals surface area contributed by atoms with Crippen molar-refractivity contribution in [3.8, 4) is 0 Å². The smallest absolute Gasteiger partial charge is 0.0576 e. The van der Waals surface area contributed by atoms with E-state index in [0.29, 0.717) is 5.37 Å². The summed E-state index contributed by atoms with van der Waals surface area (Å²) in [4.78, 5) is 3.91. The van der Waals surface area contributed by atoms with Crippen molar-refractivity contribution < 1.29 is 0 Å². The molecule has 1 unspecified atom stereocenters. The van der Waals surface area contributed by atoms with Gasteiger partial charge in [-0.2, -0.15) is 0 Å². The van der Waals surface area contributed by atoms with Gasteiger partial charge in [-0.15, -0.1) is 11.8 Å². The van der Waals surface area contributed by atoms with Gasteiger partial charge in [0.15, 0.2) is 0 Å². The van der Waals surface area contributed by atoms with Crippen LogP contribution in [-0.2, 0) is 0 Å². The van der Waals surface area contributed by atoms with Gasteiger partial charge in [0.1, 0.15) is 0 Å². The molecule has 1 aromatic carbocycles. The molecule has 88 valence electrons. The zero-order chi connectivity index (χ0) is 11.4. The van der Waals surface area contributed by atoms with Crippen LogP contribution >= 0.6 is 11.8 Å². The molecule has 1 fully saturated rings. The second-order valence-corrected chi connectivity index (χ2v) is 5.71. The topological polar surface area (TPSA) is 15.3 Å². The van der Waals surface area contributed by atoms with Crippen molar-refractivity contribution in [1.82, 2.24) is 10.2 Å². The van der Waals surface area contributed by atoms with E-state index in [2.05, 4.69) is 48.3 Å². The minimum Gasteiger partial charge on any atom is -0.314 e. The van der Waals surface area contributed by atoms with Crippen molar-refractivity contribution in [2.75, 3.05) is 26.2 Å². The van der Waals surface area contributed by atoms with E-state index in [9.17, 15) is 0 Å². The first-order chi connectivity index (χ1) is 7.75. The lowest BCUT2D eigenvalue weighted by Crippen LogP contribution is -2.46. The minimum absolute atomic E-state index is 0.574. The zero-order valence-electron chi connectivity index (χ0n) is 10.1. The van der Waals surface area contributed by atoms with Gasteiger partial charge >= 0.3 is 0 Å². The van der Waals surface area contributed by atoms with E-state index >= 15 is 0 Å². The lowest BCUT2D eigenvalue weighted by Gasteiger charge is -2.32. The van der Waals surface area contributed by atoms with Crippen LogP contribution < -0.4 is 5.32 Å². The highest BCUT2D eigenvalue weighted by atomic mass is 32.2. The van der Waals surface area contributed by atoms with Crippen LogP contribution in [0.5, 0.6) is 0 Å². The second kappa shape index (κ2) is 5.71. The Hall–Kier alpha value is -0.510. The standard InChI is InChI=1S/C13H20N2S/c1-11-3-5-13(6-4-11)16-12(2)15-9-7-14-8-10-15/h3-6,12,14H,7-10H2,1-2H3. The van der Waals surface area contributed by atoms with Crippen LogP contribution in [0, 0.1) is 6.92 Å². The maximum atomic E-state index is 3.39. The average molecular weight is 236 g/mol. The normalized spacial score (nSPS) is 19.6. The number of rotatable bonds is 3. The van der Waals surface area contributed by atoms with Gasteiger partial charge in [0.2, 0.25) is 0 Å². The maximum absolute atomic E-state index is 3.39. The SMILES string of the molecule is Cc1ccc(SC(C)N2CCNCC2)cc1. The second-order valence-electron chi connectivity index (χ2n) is 4.32. The number of thioether (sulfide) groups is 1. The summed E-state index contributed by atoms with van der Waals surface area (Å²) < 4.78 is 0. The average Bonchev–Trinajstić information content (AvgIpc) is 2.33. The Labute approximate surface area is 102 Å². The molecule has 1 aromatic rings. The van der Waals surface area contributed by atoms with Crippen LogP contribution in [-0.4, -0.2) is 36.5 Å². The number of aryl methyl sites for hydroxylation is 1. The molecular weight excluding hydrogens is 216 g/mol. The number of nitrogens with one attached hydrogen (secondary N) is 1. The Morgan fingerprint density at radius 1 is 1.19 bits per heavy atom. The first kappa shape index (κ1) is 12.0. The lowest BCUT2D eigenvalue weighted by atomic mass is 10.2. The van der Waals surface area contributed by atoms with Crippen LogP contribution in [0.3, 0.4) is 0 Å². The molecule has 3 heteroatoms. The Morgan fingerprint density at radius 2 is 1.81 bits per heavy atom. The highest BCUT2D eigenvalue weighted by Crippen LogP contribution is 2.25. The molecule has 1 saturated heterocycles. The first-order valence-electron chi connectivity index (χ1n) is 5.94. The molecule has 16 heavy (non-hydrogen) atoms. The molecule has 1 N–H and O–H groups in total. The van der Waals surface area contributed by atoms with Crippen molar-refractivity contribution in [2.45, 2.75) is 24.1 Å². The van der Waals surface area contributed by atoms with E-state index < -0.39 is 0 Å². The number of benzene rings is 1. The molecule has 2 nitrogen and oxygen atoms in total. The Morgan fingerprint density at radius 3 is 2.44 bits per heavy atom. The van der Waals surface area contributed by atoms with Gasteiger partial charge in [-0.3, -0.25) is 4.90 Å². The van der Waals surface area contributed by atoms with Gasteiger partial charge in [-0.1, -0.05) is 17.7 Å². The molecule has 0 radical (unpaired) electrons. The third-order valence-electron chi connectivity index (χ3n) is 2.99. The summed E-state index contributed by atoms with van der Waals surface area (Å²) >= 11 is 1.96. The van der Waals surface area contributed by atoms with Gasteiger partial charge in [0, 0.05) is 31.1 Å². The van der Waals surface area contributed by atoms with Crippen molar-refractivity contribution in [3.05, 3.63) is 29.8 Å². The van der Waals surface area contributed by atoms with Gasteiger partial charge < -0.3 is 5.32 Å². The zero-order valence-corrected chi connectivity index (χ0v) is 10.9. The van der Waals surface area contributed by atoms with E-state index in [1.54, 1.807) is 0 Å². The van der Waals surface area contributed by atoms with Crippen LogP contribution in [0.4, 0.5) is 0 Å². The van der Waals surface area contributed by atoms with Crippen LogP contribution in [0.1, 0.15) is 12.5 Å². The van der Waals surface area contributed by atoms with Crippen molar-refractivity contribution in [1.29, 1.82) is 0 Å². The van der Waals surface area contributed by atoms with Gasteiger partial charge in [-0.25, -0.2) is 0 Å². The van der Waals surface area contributed by atoms with Gasteiger partial charge in [0.05, 0.1) is 5.37 Å². The van der Waals surface area contributed by atoms with Crippen LogP contribution in [0.2, 0.25) is 0 Å². The number of nitrogens with zero attached hydrogens (tertiary/aromatic N) is 1. The Balaban J connectivity index is 1.90. The van der Waals surface area contributed by atoms with E-state index in [0.717, 1.165) is 13.1 Å². The molecule has 1 aliphatic rings. The van der Waals surface area contributed by atoms with Gasteiger partial charge in [0.25, 0.3) is 0 Å². The molecule has 0 spiro atoms. The predicted octanol–water partition coefficient (Wildman–Crippen LogP) is 2.34. The van der Waals surface area contributed by atoms with Crippen molar-refractivity contribution >= 4 is 11.8 Å². The summed E-state index contributed by atoms with van der Waals surface area (Å²) in [6, 6.07) is 8.82. The van der Waals surface area contributed by atoms with Crippen LogP contribution in [0.15, 0.2) is 29.2 Å². The van der Waals surface area contributed by atoms with E-state index in [1.165, 1.54) is 23.5 Å². The van der Waals surface area contributed by atoms with E-state index in [-0.39, 0.29) is 0 Å². The van der Waals surface area contributed by atoms with E-state index in [4.69, 9.17) is 0 Å². The molecule has 0 saturated carbocycles. The Kier molecular flexibility index (Phi) is 4.27. The molecule has 1 heterocycles. The summed E-state index contributed by atoms with van der Waals surface area (Å²) in [5.41, 5.74) is 1.33. The minimum atomic E-state index is 0.574. The summed E-state index contributed by atoms with van der Waals surface area (Å²) in [5, 5.41) is 3.96. The summed E-state index contributed by atoms with van der Waals surface area (Å²) in [5.74, 6) is 0. The maximum Gasteiger partial charge on any atom is 0.0576 e. The fourth-order valence-electron chi connectivity index (χ4n) is 1.93. The predicted molar refractivity (Wildman–Crippen MR) is 70.9 cm³/mol. The number of piperazine rings is 1. The fraction of sp³-hybridized carbons (Fsp3) is 0.538. The van der Waals surface area contributed by atoms with Gasteiger partial charge in [-0.05, 0) is 26.0 Å². The van der Waals surface area contributed by atoms with Crippen LogP contribution in [0.25, 0.3) is 0 Å². The fourth-order valence-corrected chi connectivity index (χ4v) is 2.98. The highest BCUT2D eigenvalue weighted by Gasteiger charge is 2.16. The molecule has 1 aliphatic heterocycles. The quantitative estimate of drug-likeness (QED) is 0.811. The molecule has 0 aromatic heterocycles. The molecule has 0 aliphatic carbocycles. The molecule has 1 atom stereocenters. The third-order valence-corrected chi connectivity index (χ3v) is 4.18. The molecule has 0 bridgehead atoms. The summed E-state index contributed by atoms with van der Waals surface area (Å²) in [6.45, 7) is 9.02. The monoisotopic (exact) mass is 236 g/mol. The number of hydrogen-bond acceptors (Lipinski definition) is 3. The first-order valence-corrected chi connectivity index (χ1v) is 6.82. The van der Waals surface area contributed by atoms with Crippen molar-refractivity contribution in [3.63, 3.8) is 0 Å². The third kappa shape index (κ3) is 3.24.